The van der Waals surface area contributed by atoms with E-state index in [9.17, 15) is 13.2 Å². The zero-order valence-corrected chi connectivity index (χ0v) is 15.3. The van der Waals surface area contributed by atoms with E-state index < -0.39 is 10.0 Å². The van der Waals surface area contributed by atoms with Gasteiger partial charge >= 0.3 is 0 Å². The minimum absolute atomic E-state index is 0.0911. The first-order valence-electron chi connectivity index (χ1n) is 7.61. The molecule has 1 N–H and O–H groups in total. The first-order valence-corrected chi connectivity index (χ1v) is 9.05. The van der Waals surface area contributed by atoms with Crippen molar-refractivity contribution in [1.82, 2.24) is 14.7 Å². The highest BCUT2D eigenvalue weighted by Crippen LogP contribution is 2.26. The van der Waals surface area contributed by atoms with Crippen LogP contribution in [0.2, 0.25) is 0 Å². The van der Waals surface area contributed by atoms with Crippen LogP contribution in [0, 0.1) is 0 Å². The van der Waals surface area contributed by atoms with Gasteiger partial charge in [0.05, 0.1) is 23.7 Å². The molecule has 0 aliphatic carbocycles. The van der Waals surface area contributed by atoms with E-state index in [0.717, 1.165) is 4.31 Å². The zero-order valence-electron chi connectivity index (χ0n) is 14.4. The molecule has 1 aliphatic rings. The standard InChI is InChI=1S/C15H24N4O4S/c1-17(2)16-15(20)13-11-12(24(21,22)18(3)4)5-6-14(13)19-7-9-23-10-8-19/h5-6,11H,7-10H2,1-4H3,(H,16,20). The summed E-state index contributed by atoms with van der Waals surface area (Å²) in [5.74, 6) is -0.350. The highest BCUT2D eigenvalue weighted by Gasteiger charge is 2.24. The number of nitrogens with one attached hydrogen (secondary N) is 1. The number of sulfonamides is 1. The fourth-order valence-corrected chi connectivity index (χ4v) is 3.34. The topological polar surface area (TPSA) is 82.2 Å². The Morgan fingerprint density at radius 1 is 1.17 bits per heavy atom. The van der Waals surface area contributed by atoms with Gasteiger partial charge in [0.2, 0.25) is 10.0 Å². The molecule has 134 valence electrons. The first kappa shape index (κ1) is 18.7. The summed E-state index contributed by atoms with van der Waals surface area (Å²) in [6.45, 7) is 2.46. The van der Waals surface area contributed by atoms with E-state index in [4.69, 9.17) is 4.74 Å². The maximum atomic E-state index is 12.5. The maximum Gasteiger partial charge on any atom is 0.267 e. The molecule has 1 aromatic rings. The third kappa shape index (κ3) is 4.04. The molecule has 0 saturated carbocycles. The number of benzene rings is 1. The second kappa shape index (κ2) is 7.47. The third-order valence-corrected chi connectivity index (χ3v) is 5.48. The molecular formula is C15H24N4O4S. The van der Waals surface area contributed by atoms with Gasteiger partial charge in [0.25, 0.3) is 5.91 Å². The number of nitrogens with zero attached hydrogens (tertiary/aromatic N) is 3. The van der Waals surface area contributed by atoms with Gasteiger partial charge < -0.3 is 9.64 Å². The number of hydrazine groups is 1. The number of hydrogen-bond acceptors (Lipinski definition) is 6. The summed E-state index contributed by atoms with van der Waals surface area (Å²) < 4.78 is 31.2. The summed E-state index contributed by atoms with van der Waals surface area (Å²) in [5.41, 5.74) is 3.71. The van der Waals surface area contributed by atoms with Crippen LogP contribution in [0.1, 0.15) is 10.4 Å². The SMILES string of the molecule is CN(C)NC(=O)c1cc(S(=O)(=O)N(C)C)ccc1N1CCOCC1. The summed E-state index contributed by atoms with van der Waals surface area (Å²) in [6.07, 6.45) is 0. The van der Waals surface area contributed by atoms with Gasteiger partial charge in [0.1, 0.15) is 0 Å². The van der Waals surface area contributed by atoms with E-state index >= 15 is 0 Å². The van der Waals surface area contributed by atoms with Gasteiger partial charge in [-0.05, 0) is 18.2 Å². The Hall–Kier alpha value is -1.68. The molecule has 8 nitrogen and oxygen atoms in total. The molecule has 1 heterocycles. The van der Waals surface area contributed by atoms with E-state index in [1.165, 1.54) is 31.2 Å². The lowest BCUT2D eigenvalue weighted by Gasteiger charge is -2.31. The van der Waals surface area contributed by atoms with Crippen LogP contribution in [0.4, 0.5) is 5.69 Å². The summed E-state index contributed by atoms with van der Waals surface area (Å²) in [4.78, 5) is 14.7. The van der Waals surface area contributed by atoms with Gasteiger partial charge in [-0.2, -0.15) is 0 Å². The lowest BCUT2D eigenvalue weighted by atomic mass is 10.1. The normalized spacial score (nSPS) is 15.8. The fourth-order valence-electron chi connectivity index (χ4n) is 2.41. The highest BCUT2D eigenvalue weighted by molar-refractivity contribution is 7.89. The van der Waals surface area contributed by atoms with E-state index in [2.05, 4.69) is 5.43 Å². The van der Waals surface area contributed by atoms with Crippen molar-refractivity contribution in [2.75, 3.05) is 59.4 Å². The van der Waals surface area contributed by atoms with Crippen molar-refractivity contribution in [3.8, 4) is 0 Å². The smallest absolute Gasteiger partial charge is 0.267 e. The van der Waals surface area contributed by atoms with Crippen molar-refractivity contribution in [3.63, 3.8) is 0 Å². The van der Waals surface area contributed by atoms with Crippen LogP contribution in [0.3, 0.4) is 0 Å². The van der Waals surface area contributed by atoms with E-state index in [1.54, 1.807) is 20.2 Å². The number of carbonyl (C=O) groups is 1. The monoisotopic (exact) mass is 356 g/mol. The van der Waals surface area contributed by atoms with Crippen molar-refractivity contribution in [1.29, 1.82) is 0 Å². The molecule has 9 heteroatoms. The second-order valence-electron chi connectivity index (χ2n) is 5.90. The summed E-state index contributed by atoms with van der Waals surface area (Å²) in [6, 6.07) is 4.65. The molecule has 0 unspecified atom stereocenters. The van der Waals surface area contributed by atoms with Crippen LogP contribution in [-0.4, -0.2) is 78.1 Å². The molecule has 1 aliphatic heterocycles. The van der Waals surface area contributed by atoms with Gasteiger partial charge in [0.15, 0.2) is 0 Å². The van der Waals surface area contributed by atoms with Crippen molar-refractivity contribution in [3.05, 3.63) is 23.8 Å². The van der Waals surface area contributed by atoms with Crippen molar-refractivity contribution in [2.45, 2.75) is 4.90 Å². The number of rotatable bonds is 5. The van der Waals surface area contributed by atoms with Gasteiger partial charge in [-0.1, -0.05) is 0 Å². The molecule has 1 aromatic carbocycles. The van der Waals surface area contributed by atoms with Crippen LogP contribution in [-0.2, 0) is 14.8 Å². The van der Waals surface area contributed by atoms with Gasteiger partial charge in [0, 0.05) is 47.0 Å². The lowest BCUT2D eigenvalue weighted by Crippen LogP contribution is -2.40. The summed E-state index contributed by atoms with van der Waals surface area (Å²) in [7, 11) is 2.72. The van der Waals surface area contributed by atoms with E-state index in [0.29, 0.717) is 37.6 Å². The Kier molecular flexibility index (Phi) is 5.81. The number of amides is 1. The molecule has 0 atom stereocenters. The maximum absolute atomic E-state index is 12.5. The molecule has 0 spiro atoms. The number of ether oxygens (including phenoxy) is 1. The van der Waals surface area contributed by atoms with Crippen LogP contribution in [0.25, 0.3) is 0 Å². The molecule has 0 aromatic heterocycles. The van der Waals surface area contributed by atoms with Gasteiger partial charge in [-0.25, -0.2) is 17.7 Å². The predicted molar refractivity (Wildman–Crippen MR) is 91.5 cm³/mol. The van der Waals surface area contributed by atoms with Gasteiger partial charge in [-0.15, -0.1) is 0 Å². The number of carbonyl (C=O) groups excluding carboxylic acids is 1. The first-order chi connectivity index (χ1) is 11.2. The third-order valence-electron chi connectivity index (χ3n) is 3.67. The average molecular weight is 356 g/mol. The van der Waals surface area contributed by atoms with Crippen molar-refractivity contribution in [2.24, 2.45) is 0 Å². The lowest BCUT2D eigenvalue weighted by molar-refractivity contribution is 0.0855. The Bertz CT molecular complexity index is 697. The zero-order chi connectivity index (χ0) is 17.9. The average Bonchev–Trinajstić information content (AvgIpc) is 2.54. The number of hydrogen-bond donors (Lipinski definition) is 1. The van der Waals surface area contributed by atoms with E-state index in [-0.39, 0.29) is 10.8 Å². The quantitative estimate of drug-likeness (QED) is 0.747. The molecule has 1 fully saturated rings. The largest absolute Gasteiger partial charge is 0.378 e. The van der Waals surface area contributed by atoms with Crippen LogP contribution < -0.4 is 10.3 Å². The molecule has 0 radical (unpaired) electrons. The Morgan fingerprint density at radius 3 is 2.33 bits per heavy atom. The number of anilines is 1. The molecule has 1 amide bonds. The minimum atomic E-state index is -3.61. The Morgan fingerprint density at radius 2 is 1.79 bits per heavy atom. The summed E-state index contributed by atoms with van der Waals surface area (Å²) >= 11 is 0. The highest BCUT2D eigenvalue weighted by atomic mass is 32.2. The van der Waals surface area contributed by atoms with E-state index in [1.807, 2.05) is 4.90 Å². The Labute approximate surface area is 143 Å². The molecular weight excluding hydrogens is 332 g/mol. The molecule has 0 bridgehead atoms. The van der Waals surface area contributed by atoms with Crippen LogP contribution >= 0.6 is 0 Å². The summed E-state index contributed by atoms with van der Waals surface area (Å²) in [5, 5.41) is 1.53. The molecule has 2 rings (SSSR count). The molecule has 1 saturated heterocycles. The minimum Gasteiger partial charge on any atom is -0.378 e. The Balaban J connectivity index is 2.49. The number of morpholine rings is 1. The fraction of sp³-hybridized carbons (Fsp3) is 0.533. The van der Waals surface area contributed by atoms with Crippen molar-refractivity contribution >= 4 is 21.6 Å². The van der Waals surface area contributed by atoms with Crippen molar-refractivity contribution < 1.29 is 17.9 Å². The predicted octanol–water partition coefficient (Wildman–Crippen LogP) is -0.0201. The molecule has 24 heavy (non-hydrogen) atoms. The van der Waals surface area contributed by atoms with Gasteiger partial charge in [-0.3, -0.25) is 10.2 Å². The van der Waals surface area contributed by atoms with Crippen LogP contribution in [0.15, 0.2) is 23.1 Å². The second-order valence-corrected chi connectivity index (χ2v) is 8.05. The van der Waals surface area contributed by atoms with Crippen LogP contribution in [0.5, 0.6) is 0 Å².